The first-order valence-electron chi connectivity index (χ1n) is 9.50. The third-order valence-corrected chi connectivity index (χ3v) is 4.25. The standard InChI is InChI=1S/C17H15BrClFN4O3/c1-24-8-21-16-13(24)7-10(17(26)23-27-5-4-25)15(14(16)20)22-12-3-2-9(18)6-11(12)19/h2-3,6-8,22,25H,4-5H2,1H3,(H,23,26)/i1D3,3D. The molecule has 1 amide bonds. The van der Waals surface area contributed by atoms with E-state index in [2.05, 4.69) is 26.2 Å². The number of aromatic nitrogens is 2. The van der Waals surface area contributed by atoms with E-state index in [1.165, 1.54) is 12.1 Å². The molecule has 3 rings (SSSR count). The first-order valence-corrected chi connectivity index (χ1v) is 8.67. The Balaban J connectivity index is 2.20. The Morgan fingerprint density at radius 3 is 3.11 bits per heavy atom. The Morgan fingerprint density at radius 2 is 2.41 bits per heavy atom. The predicted octanol–water partition coefficient (Wildman–Crippen LogP) is 3.53. The molecule has 1 aromatic heterocycles. The summed E-state index contributed by atoms with van der Waals surface area (Å²) in [5.41, 5.74) is 0.902. The van der Waals surface area contributed by atoms with Crippen molar-refractivity contribution in [1.29, 1.82) is 0 Å². The van der Waals surface area contributed by atoms with Crippen molar-refractivity contribution in [2.45, 2.75) is 0 Å². The van der Waals surface area contributed by atoms with E-state index in [0.717, 1.165) is 17.0 Å². The fourth-order valence-corrected chi connectivity index (χ4v) is 2.99. The second-order valence-electron chi connectivity index (χ2n) is 5.26. The summed E-state index contributed by atoms with van der Waals surface area (Å²) in [6.07, 6.45) is 0.941. The van der Waals surface area contributed by atoms with Crippen molar-refractivity contribution in [2.75, 3.05) is 18.5 Å². The Bertz CT molecular complexity index is 1140. The van der Waals surface area contributed by atoms with Gasteiger partial charge in [0.25, 0.3) is 5.91 Å². The van der Waals surface area contributed by atoms with Gasteiger partial charge in [-0.15, -0.1) is 0 Å². The molecule has 0 radical (unpaired) electrons. The van der Waals surface area contributed by atoms with Crippen molar-refractivity contribution in [3.63, 3.8) is 0 Å². The van der Waals surface area contributed by atoms with Gasteiger partial charge in [-0.3, -0.25) is 9.63 Å². The molecule has 0 unspecified atom stereocenters. The molecular weight excluding hydrogens is 443 g/mol. The molecule has 142 valence electrons. The molecular formula is C17H15BrClFN4O3. The summed E-state index contributed by atoms with van der Waals surface area (Å²) in [7, 11) is 0. The number of nitrogens with one attached hydrogen (secondary N) is 2. The van der Waals surface area contributed by atoms with Gasteiger partial charge in [0, 0.05) is 15.6 Å². The Morgan fingerprint density at radius 1 is 1.59 bits per heavy atom. The molecule has 0 spiro atoms. The molecule has 0 aliphatic heterocycles. The van der Waals surface area contributed by atoms with Gasteiger partial charge >= 0.3 is 0 Å². The second-order valence-corrected chi connectivity index (χ2v) is 6.59. The summed E-state index contributed by atoms with van der Waals surface area (Å²) in [6, 6.07) is 3.94. The molecule has 0 aliphatic carbocycles. The van der Waals surface area contributed by atoms with E-state index in [-0.39, 0.29) is 52.3 Å². The number of aryl methyl sites for hydroxylation is 1. The quantitative estimate of drug-likeness (QED) is 0.386. The van der Waals surface area contributed by atoms with Crippen LogP contribution in [0.25, 0.3) is 11.0 Å². The highest BCUT2D eigenvalue weighted by molar-refractivity contribution is 9.10. The van der Waals surface area contributed by atoms with Crippen LogP contribution >= 0.6 is 27.5 Å². The number of amides is 1. The van der Waals surface area contributed by atoms with Crippen LogP contribution in [-0.2, 0) is 11.8 Å². The number of aliphatic hydroxyl groups is 1. The monoisotopic (exact) mass is 460 g/mol. The van der Waals surface area contributed by atoms with Crippen LogP contribution in [0.2, 0.25) is 5.02 Å². The van der Waals surface area contributed by atoms with Crippen LogP contribution < -0.4 is 10.8 Å². The third kappa shape index (κ3) is 4.06. The number of rotatable bonds is 6. The summed E-state index contributed by atoms with van der Waals surface area (Å²) in [5.74, 6) is -1.94. The number of nitrogens with zero attached hydrogens (tertiary/aromatic N) is 2. The zero-order valence-corrected chi connectivity index (χ0v) is 15.9. The average Bonchev–Trinajstić information content (AvgIpc) is 3.10. The number of aliphatic hydroxyl groups excluding tert-OH is 1. The minimum Gasteiger partial charge on any atom is -0.394 e. The van der Waals surface area contributed by atoms with Gasteiger partial charge in [0.15, 0.2) is 5.82 Å². The number of hydrogen-bond acceptors (Lipinski definition) is 5. The van der Waals surface area contributed by atoms with Crippen LogP contribution in [0.1, 0.15) is 15.8 Å². The smallest absolute Gasteiger partial charge is 0.277 e. The van der Waals surface area contributed by atoms with E-state index in [9.17, 15) is 4.79 Å². The highest BCUT2D eigenvalue weighted by Crippen LogP contribution is 2.34. The number of hydroxylamine groups is 1. The minimum absolute atomic E-state index is 0.0173. The van der Waals surface area contributed by atoms with Gasteiger partial charge in [-0.05, 0) is 24.2 Å². The summed E-state index contributed by atoms with van der Waals surface area (Å²) in [6.45, 7) is -3.26. The van der Waals surface area contributed by atoms with Crippen LogP contribution in [0.3, 0.4) is 0 Å². The highest BCUT2D eigenvalue weighted by atomic mass is 79.9. The maximum absolute atomic E-state index is 15.4. The van der Waals surface area contributed by atoms with Crippen molar-refractivity contribution in [3.8, 4) is 0 Å². The molecule has 0 aliphatic rings. The van der Waals surface area contributed by atoms with Gasteiger partial charge in [-0.1, -0.05) is 27.5 Å². The van der Waals surface area contributed by atoms with E-state index in [4.69, 9.17) is 27.0 Å². The maximum atomic E-state index is 15.4. The number of carbonyl (C=O) groups is 1. The van der Waals surface area contributed by atoms with Gasteiger partial charge in [0.1, 0.15) is 5.52 Å². The molecule has 7 nitrogen and oxygen atoms in total. The van der Waals surface area contributed by atoms with E-state index in [1.54, 1.807) is 0 Å². The van der Waals surface area contributed by atoms with Crippen LogP contribution in [0, 0.1) is 5.82 Å². The number of halogens is 3. The molecule has 2 aromatic carbocycles. The minimum atomic E-state index is -2.67. The van der Waals surface area contributed by atoms with Crippen molar-refractivity contribution in [1.82, 2.24) is 15.0 Å². The first-order chi connectivity index (χ1) is 14.5. The molecule has 27 heavy (non-hydrogen) atoms. The van der Waals surface area contributed by atoms with Crippen molar-refractivity contribution in [2.24, 2.45) is 6.98 Å². The normalized spacial score (nSPS) is 13.6. The van der Waals surface area contributed by atoms with Crippen molar-refractivity contribution >= 4 is 55.8 Å². The van der Waals surface area contributed by atoms with Gasteiger partial charge in [0.2, 0.25) is 0 Å². The van der Waals surface area contributed by atoms with Crippen molar-refractivity contribution in [3.05, 3.63) is 51.4 Å². The van der Waals surface area contributed by atoms with Crippen molar-refractivity contribution < 1.29 is 24.6 Å². The Kier molecular flexibility index (Phi) is 4.51. The lowest BCUT2D eigenvalue weighted by Crippen LogP contribution is -2.26. The lowest BCUT2D eigenvalue weighted by Gasteiger charge is -2.15. The lowest BCUT2D eigenvalue weighted by atomic mass is 10.1. The molecule has 0 saturated carbocycles. The molecule has 3 aromatic rings. The van der Waals surface area contributed by atoms with Gasteiger partial charge in [-0.25, -0.2) is 14.9 Å². The summed E-state index contributed by atoms with van der Waals surface area (Å²) in [4.78, 5) is 21.3. The van der Waals surface area contributed by atoms with E-state index in [0.29, 0.717) is 4.47 Å². The van der Waals surface area contributed by atoms with E-state index in [1.807, 2.05) is 5.48 Å². The molecule has 0 bridgehead atoms. The number of anilines is 2. The Labute approximate surface area is 172 Å². The SMILES string of the molecule is [2H]c1cc(Br)cc(Cl)c1Nc1c(C(=O)NOCCO)cc2c(ncn2C([2H])([2H])[2H])c1F. The van der Waals surface area contributed by atoms with Crippen LogP contribution in [0.15, 0.2) is 35.0 Å². The van der Waals surface area contributed by atoms with E-state index < -0.39 is 18.7 Å². The zero-order valence-electron chi connectivity index (χ0n) is 17.5. The molecule has 0 atom stereocenters. The van der Waals surface area contributed by atoms with Gasteiger partial charge < -0.3 is 15.0 Å². The number of hydrogen-bond donors (Lipinski definition) is 3. The van der Waals surface area contributed by atoms with E-state index >= 15 is 4.39 Å². The second kappa shape index (κ2) is 8.22. The summed E-state index contributed by atoms with van der Waals surface area (Å²) in [5, 5.41) is 11.5. The van der Waals surface area contributed by atoms with Gasteiger partial charge in [0.05, 0.1) is 48.4 Å². The first kappa shape index (κ1) is 14.8. The molecule has 10 heteroatoms. The molecule has 0 fully saturated rings. The zero-order chi connectivity index (χ0) is 22.9. The lowest BCUT2D eigenvalue weighted by molar-refractivity contribution is 0.0169. The topological polar surface area (TPSA) is 88.4 Å². The van der Waals surface area contributed by atoms with Crippen LogP contribution in [0.4, 0.5) is 15.8 Å². The number of benzene rings is 2. The number of fused-ring (bicyclic) bond motifs is 1. The number of imidazole rings is 1. The maximum Gasteiger partial charge on any atom is 0.277 e. The largest absolute Gasteiger partial charge is 0.394 e. The summed E-state index contributed by atoms with van der Waals surface area (Å²) >= 11 is 9.37. The molecule has 1 heterocycles. The number of carbonyl (C=O) groups excluding carboxylic acids is 1. The molecule has 3 N–H and O–H groups in total. The average molecular weight is 462 g/mol. The van der Waals surface area contributed by atoms with Crippen LogP contribution in [0.5, 0.6) is 0 Å². The van der Waals surface area contributed by atoms with Crippen LogP contribution in [-0.4, -0.2) is 33.8 Å². The fourth-order valence-electron chi connectivity index (χ4n) is 2.29. The Hall–Kier alpha value is -2.20. The molecule has 0 saturated heterocycles. The van der Waals surface area contributed by atoms with Gasteiger partial charge in [-0.2, -0.15) is 0 Å². The third-order valence-electron chi connectivity index (χ3n) is 3.49. The fraction of sp³-hybridized carbons (Fsp3) is 0.176. The summed E-state index contributed by atoms with van der Waals surface area (Å²) < 4.78 is 47.5. The highest BCUT2D eigenvalue weighted by Gasteiger charge is 2.22. The predicted molar refractivity (Wildman–Crippen MR) is 104 cm³/mol.